The Hall–Kier alpha value is -3.74. The summed E-state index contributed by atoms with van der Waals surface area (Å²) >= 11 is 0. The highest BCUT2D eigenvalue weighted by Gasteiger charge is 2.17. The van der Waals surface area contributed by atoms with Gasteiger partial charge >= 0.3 is 0 Å². The predicted octanol–water partition coefficient (Wildman–Crippen LogP) is 4.28. The molecule has 2 aromatic carbocycles. The molecule has 2 aromatic heterocycles. The molecule has 0 atom stereocenters. The molecule has 4 aromatic rings. The molecule has 2 N–H and O–H groups in total. The Morgan fingerprint density at radius 2 is 1.97 bits per heavy atom. The van der Waals surface area contributed by atoms with Gasteiger partial charge in [-0.25, -0.2) is 9.37 Å². The fourth-order valence-electron chi connectivity index (χ4n) is 3.65. The summed E-state index contributed by atoms with van der Waals surface area (Å²) in [6.45, 7) is 0.974. The number of aryl methyl sites for hydroxylation is 1. The van der Waals surface area contributed by atoms with Crippen molar-refractivity contribution in [3.8, 4) is 22.5 Å². The van der Waals surface area contributed by atoms with Crippen LogP contribution in [0.15, 0.2) is 60.8 Å². The number of anilines is 1. The molecule has 1 amide bonds. The minimum absolute atomic E-state index is 0.290. The van der Waals surface area contributed by atoms with Gasteiger partial charge in [-0.2, -0.15) is 5.10 Å². The number of hydrogen-bond donors (Lipinski definition) is 2. The van der Waals surface area contributed by atoms with E-state index in [0.717, 1.165) is 42.0 Å². The van der Waals surface area contributed by atoms with E-state index in [1.807, 2.05) is 30.5 Å². The number of nitrogens with zero attached hydrogens (tertiary/aromatic N) is 3. The smallest absolute Gasteiger partial charge is 0.273 e. The third-order valence-corrected chi connectivity index (χ3v) is 5.10. The molecular formula is C22H18FN5O. The number of amides is 1. The quantitative estimate of drug-likeness (QED) is 0.549. The number of carbonyl (C=O) groups is 1. The Bertz CT molecular complexity index is 1190. The lowest BCUT2D eigenvalue weighted by Crippen LogP contribution is -2.12. The molecule has 0 aliphatic carbocycles. The summed E-state index contributed by atoms with van der Waals surface area (Å²) in [5.74, 6) is 0.507. The Kier molecular flexibility index (Phi) is 4.20. The highest BCUT2D eigenvalue weighted by atomic mass is 19.1. The van der Waals surface area contributed by atoms with Gasteiger partial charge in [-0.05, 0) is 48.9 Å². The van der Waals surface area contributed by atoms with Crippen LogP contribution in [0.25, 0.3) is 22.5 Å². The van der Waals surface area contributed by atoms with Gasteiger partial charge in [-0.1, -0.05) is 12.1 Å². The number of halogens is 1. The highest BCUT2D eigenvalue weighted by molar-refractivity contribution is 6.03. The zero-order valence-electron chi connectivity index (χ0n) is 15.5. The maximum atomic E-state index is 13.1. The summed E-state index contributed by atoms with van der Waals surface area (Å²) < 4.78 is 15.3. The number of carbonyl (C=O) groups excluding carboxylic acids is 1. The molecule has 3 heterocycles. The number of fused-ring (bicyclic) bond motifs is 1. The van der Waals surface area contributed by atoms with Gasteiger partial charge in [0.05, 0.1) is 17.6 Å². The van der Waals surface area contributed by atoms with Crippen molar-refractivity contribution >= 4 is 11.6 Å². The lowest BCUT2D eigenvalue weighted by molar-refractivity contribution is 0.102. The van der Waals surface area contributed by atoms with Crippen molar-refractivity contribution in [2.45, 2.75) is 19.4 Å². The molecular weight excluding hydrogens is 369 g/mol. The zero-order chi connectivity index (χ0) is 19.8. The second kappa shape index (κ2) is 7.01. The predicted molar refractivity (Wildman–Crippen MR) is 108 cm³/mol. The number of hydrogen-bond acceptors (Lipinski definition) is 3. The third kappa shape index (κ3) is 3.31. The van der Waals surface area contributed by atoms with Gasteiger partial charge < -0.3 is 9.88 Å². The normalized spacial score (nSPS) is 12.7. The third-order valence-electron chi connectivity index (χ3n) is 5.10. The SMILES string of the molecule is O=C(Nc1cccc(-c2cnc3n2CCC3)c1)c1cc(-c2ccc(F)cc2)n[nH]1. The number of aromatic nitrogens is 4. The van der Waals surface area contributed by atoms with Gasteiger partial charge in [-0.3, -0.25) is 9.89 Å². The van der Waals surface area contributed by atoms with Crippen LogP contribution in [0.2, 0.25) is 0 Å². The average Bonchev–Trinajstić information content (AvgIpc) is 3.46. The van der Waals surface area contributed by atoms with Crippen LogP contribution in [0.3, 0.4) is 0 Å². The van der Waals surface area contributed by atoms with E-state index in [1.165, 1.54) is 12.1 Å². The van der Waals surface area contributed by atoms with Gasteiger partial charge in [-0.15, -0.1) is 0 Å². The van der Waals surface area contributed by atoms with Crippen LogP contribution in [0.1, 0.15) is 22.7 Å². The van der Waals surface area contributed by atoms with Crippen LogP contribution in [-0.4, -0.2) is 25.7 Å². The molecule has 1 aliphatic rings. The first-order valence-electron chi connectivity index (χ1n) is 9.45. The van der Waals surface area contributed by atoms with E-state index < -0.39 is 0 Å². The van der Waals surface area contributed by atoms with E-state index in [0.29, 0.717) is 17.1 Å². The largest absolute Gasteiger partial charge is 0.328 e. The molecule has 0 radical (unpaired) electrons. The highest BCUT2D eigenvalue weighted by Crippen LogP contribution is 2.27. The summed E-state index contributed by atoms with van der Waals surface area (Å²) in [4.78, 5) is 17.1. The number of H-pyrrole nitrogens is 1. The van der Waals surface area contributed by atoms with Gasteiger partial charge in [0.1, 0.15) is 17.3 Å². The van der Waals surface area contributed by atoms with E-state index in [2.05, 4.69) is 25.1 Å². The van der Waals surface area contributed by atoms with Crippen molar-refractivity contribution in [3.05, 3.63) is 78.1 Å². The second-order valence-corrected chi connectivity index (χ2v) is 7.02. The van der Waals surface area contributed by atoms with Crippen LogP contribution in [0.4, 0.5) is 10.1 Å². The van der Waals surface area contributed by atoms with E-state index in [-0.39, 0.29) is 11.7 Å². The van der Waals surface area contributed by atoms with Crippen molar-refractivity contribution in [3.63, 3.8) is 0 Å². The zero-order valence-corrected chi connectivity index (χ0v) is 15.5. The van der Waals surface area contributed by atoms with E-state index in [1.54, 1.807) is 18.2 Å². The number of rotatable bonds is 4. The van der Waals surface area contributed by atoms with Crippen LogP contribution in [-0.2, 0) is 13.0 Å². The van der Waals surface area contributed by atoms with Crippen LogP contribution < -0.4 is 5.32 Å². The van der Waals surface area contributed by atoms with Crippen molar-refractivity contribution < 1.29 is 9.18 Å². The molecule has 5 rings (SSSR count). The minimum atomic E-state index is -0.314. The molecule has 0 bridgehead atoms. The average molecular weight is 387 g/mol. The molecule has 1 aliphatic heterocycles. The Morgan fingerprint density at radius 1 is 1.10 bits per heavy atom. The summed E-state index contributed by atoms with van der Waals surface area (Å²) in [6.07, 6.45) is 4.01. The van der Waals surface area contributed by atoms with Crippen LogP contribution >= 0.6 is 0 Å². The monoisotopic (exact) mass is 387 g/mol. The topological polar surface area (TPSA) is 75.6 Å². The number of nitrogens with one attached hydrogen (secondary N) is 2. The number of aromatic amines is 1. The molecule has 144 valence electrons. The van der Waals surface area contributed by atoms with E-state index >= 15 is 0 Å². The molecule has 6 nitrogen and oxygen atoms in total. The first-order chi connectivity index (χ1) is 14.2. The standard InChI is InChI=1S/C22H18FN5O/c23-16-8-6-14(7-9-16)18-12-19(27-26-18)22(29)25-17-4-1-3-15(11-17)20-13-24-21-5-2-10-28(20)21/h1,3-4,6-9,11-13H,2,5,10H2,(H,25,29)(H,26,27). The fraction of sp³-hybridized carbons (Fsp3) is 0.136. The molecule has 0 saturated carbocycles. The van der Waals surface area contributed by atoms with Crippen molar-refractivity contribution in [2.75, 3.05) is 5.32 Å². The Labute approximate surface area is 166 Å². The second-order valence-electron chi connectivity index (χ2n) is 7.02. The van der Waals surface area contributed by atoms with Gasteiger partial charge in [0.2, 0.25) is 0 Å². The van der Waals surface area contributed by atoms with E-state index in [9.17, 15) is 9.18 Å². The first kappa shape index (κ1) is 17.4. The minimum Gasteiger partial charge on any atom is -0.328 e. The molecule has 0 unspecified atom stereocenters. The summed E-state index contributed by atoms with van der Waals surface area (Å²) in [5, 5.41) is 9.80. The summed E-state index contributed by atoms with van der Waals surface area (Å²) in [5.41, 5.74) is 4.42. The van der Waals surface area contributed by atoms with Gasteiger partial charge in [0, 0.05) is 29.8 Å². The van der Waals surface area contributed by atoms with Crippen molar-refractivity contribution in [1.82, 2.24) is 19.7 Å². The lowest BCUT2D eigenvalue weighted by Gasteiger charge is -2.08. The number of benzene rings is 2. The number of imidazole rings is 1. The van der Waals surface area contributed by atoms with Gasteiger partial charge in [0.25, 0.3) is 5.91 Å². The first-order valence-corrected chi connectivity index (χ1v) is 9.45. The maximum Gasteiger partial charge on any atom is 0.273 e. The lowest BCUT2D eigenvalue weighted by atomic mass is 10.1. The fourth-order valence-corrected chi connectivity index (χ4v) is 3.65. The molecule has 0 spiro atoms. The molecule has 0 saturated heterocycles. The Balaban J connectivity index is 1.35. The van der Waals surface area contributed by atoms with Crippen molar-refractivity contribution in [1.29, 1.82) is 0 Å². The van der Waals surface area contributed by atoms with Crippen LogP contribution in [0.5, 0.6) is 0 Å². The summed E-state index contributed by atoms with van der Waals surface area (Å²) in [6, 6.07) is 15.3. The molecule has 0 fully saturated rings. The Morgan fingerprint density at radius 3 is 2.83 bits per heavy atom. The molecule has 7 heteroatoms. The maximum absolute atomic E-state index is 13.1. The van der Waals surface area contributed by atoms with Gasteiger partial charge in [0.15, 0.2) is 0 Å². The molecule has 29 heavy (non-hydrogen) atoms. The summed E-state index contributed by atoms with van der Waals surface area (Å²) in [7, 11) is 0. The van der Waals surface area contributed by atoms with Crippen LogP contribution in [0, 0.1) is 5.82 Å². The van der Waals surface area contributed by atoms with Crippen molar-refractivity contribution in [2.24, 2.45) is 0 Å². The van der Waals surface area contributed by atoms with E-state index in [4.69, 9.17) is 0 Å².